The number of benzene rings is 1. The predicted octanol–water partition coefficient (Wildman–Crippen LogP) is 2.19. The van der Waals surface area contributed by atoms with E-state index in [9.17, 15) is 4.79 Å². The fraction of sp³-hybridized carbons (Fsp3) is 0.533. The van der Waals surface area contributed by atoms with Crippen LogP contribution in [0.25, 0.3) is 0 Å². The number of anilines is 1. The summed E-state index contributed by atoms with van der Waals surface area (Å²) in [6, 6.07) is 6.13. The molecule has 0 bridgehead atoms. The van der Waals surface area contributed by atoms with Crippen LogP contribution in [0.2, 0.25) is 0 Å². The van der Waals surface area contributed by atoms with Gasteiger partial charge in [-0.25, -0.2) is 0 Å². The second-order valence-electron chi connectivity index (χ2n) is 5.11. The first-order valence-electron chi connectivity index (χ1n) is 6.79. The lowest BCUT2D eigenvalue weighted by Gasteiger charge is -2.22. The molecule has 0 aromatic heterocycles. The van der Waals surface area contributed by atoms with E-state index in [1.54, 1.807) is 7.05 Å². The molecule has 4 nitrogen and oxygen atoms in total. The Morgan fingerprint density at radius 2 is 2.26 bits per heavy atom. The summed E-state index contributed by atoms with van der Waals surface area (Å²) < 4.78 is 5.42. The highest BCUT2D eigenvalue weighted by Crippen LogP contribution is 2.24. The number of amides is 1. The summed E-state index contributed by atoms with van der Waals surface area (Å²) in [6.45, 7) is 5.83. The van der Waals surface area contributed by atoms with Crippen molar-refractivity contribution in [1.29, 1.82) is 0 Å². The molecule has 4 heteroatoms. The molecular weight excluding hydrogens is 240 g/mol. The molecule has 0 spiro atoms. The van der Waals surface area contributed by atoms with Gasteiger partial charge in [0.2, 0.25) is 0 Å². The van der Waals surface area contributed by atoms with Crippen LogP contribution in [-0.2, 0) is 4.74 Å². The molecule has 1 fully saturated rings. The van der Waals surface area contributed by atoms with Gasteiger partial charge in [0, 0.05) is 36.9 Å². The van der Waals surface area contributed by atoms with Gasteiger partial charge in [-0.3, -0.25) is 4.79 Å². The SMILES string of the molecule is CNC(=O)c1cccc(NC(C)C2CCOC2)c1C. The standard InChI is InChI=1S/C15H22N2O2/c1-10-13(15(18)16-3)5-4-6-14(10)17-11(2)12-7-8-19-9-12/h4-6,11-12,17H,7-9H2,1-3H3,(H,16,18). The van der Waals surface area contributed by atoms with Crippen molar-refractivity contribution in [3.8, 4) is 0 Å². The highest BCUT2D eigenvalue weighted by molar-refractivity contribution is 5.96. The molecule has 1 aromatic rings. The average Bonchev–Trinajstić information content (AvgIpc) is 2.94. The lowest BCUT2D eigenvalue weighted by molar-refractivity contribution is 0.0962. The minimum atomic E-state index is -0.0435. The molecule has 0 aliphatic carbocycles. The van der Waals surface area contributed by atoms with Gasteiger partial charge in [0.15, 0.2) is 0 Å². The van der Waals surface area contributed by atoms with Gasteiger partial charge in [-0.05, 0) is 38.0 Å². The number of carbonyl (C=O) groups is 1. The van der Waals surface area contributed by atoms with Gasteiger partial charge in [0.25, 0.3) is 5.91 Å². The fourth-order valence-corrected chi connectivity index (χ4v) is 2.48. The fourth-order valence-electron chi connectivity index (χ4n) is 2.48. The molecule has 2 N–H and O–H groups in total. The minimum absolute atomic E-state index is 0.0435. The Labute approximate surface area is 114 Å². The molecule has 1 aromatic carbocycles. The number of nitrogens with one attached hydrogen (secondary N) is 2. The first-order chi connectivity index (χ1) is 9.13. The van der Waals surface area contributed by atoms with Crippen molar-refractivity contribution in [1.82, 2.24) is 5.32 Å². The van der Waals surface area contributed by atoms with Crippen molar-refractivity contribution < 1.29 is 9.53 Å². The molecule has 19 heavy (non-hydrogen) atoms. The number of hydrogen-bond donors (Lipinski definition) is 2. The van der Waals surface area contributed by atoms with E-state index in [4.69, 9.17) is 4.74 Å². The molecule has 1 aliphatic rings. The monoisotopic (exact) mass is 262 g/mol. The highest BCUT2D eigenvalue weighted by atomic mass is 16.5. The van der Waals surface area contributed by atoms with Crippen LogP contribution < -0.4 is 10.6 Å². The van der Waals surface area contributed by atoms with Crippen molar-refractivity contribution in [3.05, 3.63) is 29.3 Å². The van der Waals surface area contributed by atoms with Crippen LogP contribution in [0.1, 0.15) is 29.3 Å². The number of hydrogen-bond acceptors (Lipinski definition) is 3. The van der Waals surface area contributed by atoms with Gasteiger partial charge in [-0.2, -0.15) is 0 Å². The molecule has 1 saturated heterocycles. The predicted molar refractivity (Wildman–Crippen MR) is 76.6 cm³/mol. The van der Waals surface area contributed by atoms with Crippen molar-refractivity contribution in [2.24, 2.45) is 5.92 Å². The smallest absolute Gasteiger partial charge is 0.251 e. The van der Waals surface area contributed by atoms with E-state index in [2.05, 4.69) is 17.6 Å². The third kappa shape index (κ3) is 3.07. The maximum atomic E-state index is 11.8. The van der Waals surface area contributed by atoms with Gasteiger partial charge in [0.1, 0.15) is 0 Å². The molecule has 0 radical (unpaired) electrons. The van der Waals surface area contributed by atoms with Crippen molar-refractivity contribution in [2.45, 2.75) is 26.3 Å². The van der Waals surface area contributed by atoms with E-state index in [1.165, 1.54) is 0 Å². The summed E-state index contributed by atoms with van der Waals surface area (Å²) >= 11 is 0. The normalized spacial score (nSPS) is 20.1. The Morgan fingerprint density at radius 3 is 2.89 bits per heavy atom. The summed E-state index contributed by atoms with van der Waals surface area (Å²) in [5.74, 6) is 0.501. The molecule has 1 heterocycles. The second kappa shape index (κ2) is 6.06. The van der Waals surface area contributed by atoms with Gasteiger partial charge >= 0.3 is 0 Å². The molecule has 104 valence electrons. The molecule has 2 atom stereocenters. The topological polar surface area (TPSA) is 50.4 Å². The van der Waals surface area contributed by atoms with Crippen LogP contribution in [0, 0.1) is 12.8 Å². The Balaban J connectivity index is 2.13. The van der Waals surface area contributed by atoms with Crippen LogP contribution >= 0.6 is 0 Å². The Bertz CT molecular complexity index is 453. The van der Waals surface area contributed by atoms with Crippen molar-refractivity contribution >= 4 is 11.6 Å². The molecule has 1 amide bonds. The van der Waals surface area contributed by atoms with Crippen LogP contribution in [0.4, 0.5) is 5.69 Å². The lowest BCUT2D eigenvalue weighted by atomic mass is 9.99. The molecule has 1 aliphatic heterocycles. The second-order valence-corrected chi connectivity index (χ2v) is 5.11. The van der Waals surface area contributed by atoms with Crippen LogP contribution in [0.5, 0.6) is 0 Å². The summed E-state index contributed by atoms with van der Waals surface area (Å²) in [5, 5.41) is 6.18. The number of rotatable bonds is 4. The molecular formula is C15H22N2O2. The van der Waals surface area contributed by atoms with E-state index in [-0.39, 0.29) is 5.91 Å². The third-order valence-electron chi connectivity index (χ3n) is 3.86. The average molecular weight is 262 g/mol. The quantitative estimate of drug-likeness (QED) is 0.874. The van der Waals surface area contributed by atoms with Gasteiger partial charge < -0.3 is 15.4 Å². The zero-order chi connectivity index (χ0) is 13.8. The van der Waals surface area contributed by atoms with Crippen molar-refractivity contribution in [3.63, 3.8) is 0 Å². The summed E-state index contributed by atoms with van der Waals surface area (Å²) in [5.41, 5.74) is 2.75. The first-order valence-corrected chi connectivity index (χ1v) is 6.79. The highest BCUT2D eigenvalue weighted by Gasteiger charge is 2.22. The Kier molecular flexibility index (Phi) is 4.43. The summed E-state index contributed by atoms with van der Waals surface area (Å²) in [7, 11) is 1.65. The number of ether oxygens (including phenoxy) is 1. The first kappa shape index (κ1) is 13.9. The van der Waals surface area contributed by atoms with E-state index < -0.39 is 0 Å². The maximum absolute atomic E-state index is 11.8. The zero-order valence-electron chi connectivity index (χ0n) is 11.8. The van der Waals surface area contributed by atoms with Crippen LogP contribution in [-0.4, -0.2) is 32.2 Å². The van der Waals surface area contributed by atoms with Crippen LogP contribution in [0.3, 0.4) is 0 Å². The Hall–Kier alpha value is -1.55. The Morgan fingerprint density at radius 1 is 1.47 bits per heavy atom. The van der Waals surface area contributed by atoms with E-state index >= 15 is 0 Å². The maximum Gasteiger partial charge on any atom is 0.251 e. The summed E-state index contributed by atoms with van der Waals surface area (Å²) in [6.07, 6.45) is 1.10. The van der Waals surface area contributed by atoms with Crippen molar-refractivity contribution in [2.75, 3.05) is 25.6 Å². The third-order valence-corrected chi connectivity index (χ3v) is 3.86. The lowest BCUT2D eigenvalue weighted by Crippen LogP contribution is -2.27. The summed E-state index contributed by atoms with van der Waals surface area (Å²) in [4.78, 5) is 11.8. The molecule has 0 saturated carbocycles. The van der Waals surface area contributed by atoms with Gasteiger partial charge in [0.05, 0.1) is 6.61 Å². The largest absolute Gasteiger partial charge is 0.382 e. The van der Waals surface area contributed by atoms with E-state index in [0.717, 1.165) is 36.4 Å². The van der Waals surface area contributed by atoms with E-state index in [0.29, 0.717) is 12.0 Å². The van der Waals surface area contributed by atoms with E-state index in [1.807, 2.05) is 25.1 Å². The zero-order valence-corrected chi connectivity index (χ0v) is 11.8. The molecule has 2 unspecified atom stereocenters. The van der Waals surface area contributed by atoms with Gasteiger partial charge in [-0.1, -0.05) is 6.07 Å². The molecule has 2 rings (SSSR count). The number of carbonyl (C=O) groups excluding carboxylic acids is 1. The van der Waals surface area contributed by atoms with Gasteiger partial charge in [-0.15, -0.1) is 0 Å². The minimum Gasteiger partial charge on any atom is -0.382 e. The van der Waals surface area contributed by atoms with Crippen LogP contribution in [0.15, 0.2) is 18.2 Å².